The topological polar surface area (TPSA) is 62.3 Å². The SMILES string of the molecule is c1ccc(C2CCON2c2cc(Nc3ccc4c(c3)CCNC4)ncn2)cc1. The van der Waals surface area contributed by atoms with Gasteiger partial charge >= 0.3 is 0 Å². The molecule has 1 aromatic heterocycles. The molecule has 3 heterocycles. The van der Waals surface area contributed by atoms with Gasteiger partial charge in [-0.15, -0.1) is 0 Å². The number of hydrogen-bond donors (Lipinski definition) is 2. The number of nitrogens with one attached hydrogen (secondary N) is 2. The fourth-order valence-electron chi connectivity index (χ4n) is 3.91. The third kappa shape index (κ3) is 3.44. The van der Waals surface area contributed by atoms with Gasteiger partial charge in [-0.25, -0.2) is 15.0 Å². The normalized spacial score (nSPS) is 18.7. The lowest BCUT2D eigenvalue weighted by Gasteiger charge is -2.24. The first-order chi connectivity index (χ1) is 13.9. The number of nitrogens with zero attached hydrogens (tertiary/aromatic N) is 3. The van der Waals surface area contributed by atoms with Crippen LogP contribution in [0, 0.1) is 0 Å². The van der Waals surface area contributed by atoms with Gasteiger partial charge in [0.25, 0.3) is 0 Å². The van der Waals surface area contributed by atoms with Crippen LogP contribution in [0.25, 0.3) is 0 Å². The molecule has 2 aliphatic heterocycles. The van der Waals surface area contributed by atoms with Crippen LogP contribution in [0.3, 0.4) is 0 Å². The summed E-state index contributed by atoms with van der Waals surface area (Å²) in [4.78, 5) is 14.7. The number of fused-ring (bicyclic) bond motifs is 1. The van der Waals surface area contributed by atoms with E-state index in [9.17, 15) is 0 Å². The maximum Gasteiger partial charge on any atom is 0.158 e. The Kier molecular flexibility index (Phi) is 4.64. The van der Waals surface area contributed by atoms with Gasteiger partial charge in [-0.3, -0.25) is 4.84 Å². The zero-order valence-electron chi connectivity index (χ0n) is 15.6. The minimum Gasteiger partial charge on any atom is -0.340 e. The van der Waals surface area contributed by atoms with Crippen LogP contribution in [0.2, 0.25) is 0 Å². The fraction of sp³-hybridized carbons (Fsp3) is 0.273. The fourth-order valence-corrected chi connectivity index (χ4v) is 3.91. The third-order valence-corrected chi connectivity index (χ3v) is 5.33. The van der Waals surface area contributed by atoms with Crippen LogP contribution in [0.1, 0.15) is 29.2 Å². The Morgan fingerprint density at radius 2 is 1.96 bits per heavy atom. The smallest absolute Gasteiger partial charge is 0.158 e. The lowest BCUT2D eigenvalue weighted by atomic mass is 10.0. The van der Waals surface area contributed by atoms with E-state index >= 15 is 0 Å². The molecule has 0 aliphatic carbocycles. The summed E-state index contributed by atoms with van der Waals surface area (Å²) < 4.78 is 0. The molecule has 1 fully saturated rings. The van der Waals surface area contributed by atoms with Gasteiger partial charge in [-0.1, -0.05) is 36.4 Å². The van der Waals surface area contributed by atoms with Crippen molar-refractivity contribution in [1.29, 1.82) is 0 Å². The minimum atomic E-state index is 0.167. The molecule has 2 N–H and O–H groups in total. The van der Waals surface area contributed by atoms with Crippen LogP contribution in [0.15, 0.2) is 60.9 Å². The Labute approximate surface area is 164 Å². The molecule has 1 atom stereocenters. The summed E-state index contributed by atoms with van der Waals surface area (Å²) in [5.74, 6) is 1.53. The highest BCUT2D eigenvalue weighted by molar-refractivity contribution is 5.61. The maximum absolute atomic E-state index is 5.89. The molecule has 142 valence electrons. The first-order valence-electron chi connectivity index (χ1n) is 9.75. The average Bonchev–Trinajstić information content (AvgIpc) is 3.25. The van der Waals surface area contributed by atoms with E-state index < -0.39 is 0 Å². The van der Waals surface area contributed by atoms with Crippen molar-refractivity contribution < 1.29 is 4.84 Å². The van der Waals surface area contributed by atoms with Crippen molar-refractivity contribution in [1.82, 2.24) is 15.3 Å². The molecule has 6 heteroatoms. The molecule has 2 aromatic carbocycles. The lowest BCUT2D eigenvalue weighted by Crippen LogP contribution is -2.23. The number of anilines is 3. The summed E-state index contributed by atoms with van der Waals surface area (Å²) in [6.45, 7) is 2.66. The van der Waals surface area contributed by atoms with Crippen LogP contribution in [0.4, 0.5) is 17.3 Å². The summed E-state index contributed by atoms with van der Waals surface area (Å²) in [6.07, 6.45) is 3.58. The predicted molar refractivity (Wildman–Crippen MR) is 109 cm³/mol. The Morgan fingerprint density at radius 3 is 2.89 bits per heavy atom. The van der Waals surface area contributed by atoms with Gasteiger partial charge in [0.15, 0.2) is 5.82 Å². The molecule has 0 bridgehead atoms. The zero-order valence-corrected chi connectivity index (χ0v) is 15.6. The van der Waals surface area contributed by atoms with Gasteiger partial charge in [0.1, 0.15) is 12.1 Å². The van der Waals surface area contributed by atoms with Crippen molar-refractivity contribution >= 4 is 17.3 Å². The van der Waals surface area contributed by atoms with Crippen molar-refractivity contribution in [3.05, 3.63) is 77.6 Å². The number of benzene rings is 2. The highest BCUT2D eigenvalue weighted by atomic mass is 16.7. The van der Waals surface area contributed by atoms with Crippen LogP contribution in [-0.4, -0.2) is 23.1 Å². The molecule has 2 aliphatic rings. The predicted octanol–water partition coefficient (Wildman–Crippen LogP) is 3.75. The van der Waals surface area contributed by atoms with Crippen LogP contribution in [0.5, 0.6) is 0 Å². The quantitative estimate of drug-likeness (QED) is 0.726. The summed E-state index contributed by atoms with van der Waals surface area (Å²) in [6, 6.07) is 19.0. The second-order valence-electron chi connectivity index (χ2n) is 7.17. The van der Waals surface area contributed by atoms with E-state index in [2.05, 4.69) is 63.1 Å². The van der Waals surface area contributed by atoms with Crippen molar-refractivity contribution in [3.8, 4) is 0 Å². The van der Waals surface area contributed by atoms with Crippen molar-refractivity contribution in [2.24, 2.45) is 0 Å². The van der Waals surface area contributed by atoms with Crippen LogP contribution < -0.4 is 15.7 Å². The second-order valence-corrected chi connectivity index (χ2v) is 7.17. The third-order valence-electron chi connectivity index (χ3n) is 5.33. The number of hydroxylamine groups is 1. The maximum atomic E-state index is 5.89. The number of rotatable bonds is 4. The van der Waals surface area contributed by atoms with E-state index in [4.69, 9.17) is 4.84 Å². The Hall–Kier alpha value is -2.96. The molecular formula is C22H23N5O. The molecule has 0 amide bonds. The Bertz CT molecular complexity index is 962. The standard InChI is InChI=1S/C22H23N5O/c1-2-4-16(5-3-1)20-9-11-28-27(20)22-13-21(24-15-25-22)26-19-7-6-18-14-23-10-8-17(18)12-19/h1-7,12-13,15,20,23H,8-11,14H2,(H,24,25,26). The Morgan fingerprint density at radius 1 is 1.04 bits per heavy atom. The van der Waals surface area contributed by atoms with Gasteiger partial charge in [-0.2, -0.15) is 0 Å². The molecule has 0 radical (unpaired) electrons. The summed E-state index contributed by atoms with van der Waals surface area (Å²) >= 11 is 0. The zero-order chi connectivity index (χ0) is 18.8. The van der Waals surface area contributed by atoms with Gasteiger partial charge in [-0.05, 0) is 41.8 Å². The second kappa shape index (κ2) is 7.58. The molecule has 1 saturated heterocycles. The van der Waals surface area contributed by atoms with Crippen molar-refractivity contribution in [2.45, 2.75) is 25.4 Å². The number of hydrogen-bond acceptors (Lipinski definition) is 6. The van der Waals surface area contributed by atoms with Crippen molar-refractivity contribution in [3.63, 3.8) is 0 Å². The molecular weight excluding hydrogens is 350 g/mol. The molecule has 28 heavy (non-hydrogen) atoms. The van der Waals surface area contributed by atoms with E-state index in [-0.39, 0.29) is 6.04 Å². The molecule has 0 saturated carbocycles. The van der Waals surface area contributed by atoms with Gasteiger partial charge in [0, 0.05) is 24.7 Å². The molecule has 6 nitrogen and oxygen atoms in total. The van der Waals surface area contributed by atoms with Crippen molar-refractivity contribution in [2.75, 3.05) is 23.5 Å². The molecule has 1 unspecified atom stereocenters. The first kappa shape index (κ1) is 17.2. The highest BCUT2D eigenvalue weighted by Crippen LogP contribution is 2.34. The Balaban J connectivity index is 1.38. The van der Waals surface area contributed by atoms with E-state index in [0.717, 1.165) is 43.3 Å². The molecule has 0 spiro atoms. The summed E-state index contributed by atoms with van der Waals surface area (Å²) in [7, 11) is 0. The molecule has 5 rings (SSSR count). The van der Waals surface area contributed by atoms with E-state index in [1.165, 1.54) is 16.7 Å². The summed E-state index contributed by atoms with van der Waals surface area (Å²) in [5.41, 5.74) is 5.05. The van der Waals surface area contributed by atoms with E-state index in [1.54, 1.807) is 6.33 Å². The van der Waals surface area contributed by atoms with Crippen LogP contribution >= 0.6 is 0 Å². The lowest BCUT2D eigenvalue weighted by molar-refractivity contribution is 0.157. The minimum absolute atomic E-state index is 0.167. The highest BCUT2D eigenvalue weighted by Gasteiger charge is 2.29. The van der Waals surface area contributed by atoms with Gasteiger partial charge in [0.05, 0.1) is 12.6 Å². The van der Waals surface area contributed by atoms with Crippen LogP contribution in [-0.2, 0) is 17.8 Å². The monoisotopic (exact) mass is 373 g/mol. The average molecular weight is 373 g/mol. The van der Waals surface area contributed by atoms with Gasteiger partial charge < -0.3 is 10.6 Å². The van der Waals surface area contributed by atoms with E-state index in [1.807, 2.05) is 17.2 Å². The van der Waals surface area contributed by atoms with E-state index in [0.29, 0.717) is 6.61 Å². The first-order valence-corrected chi connectivity index (χ1v) is 9.75. The van der Waals surface area contributed by atoms with Gasteiger partial charge in [0.2, 0.25) is 0 Å². The molecule has 3 aromatic rings. The summed E-state index contributed by atoms with van der Waals surface area (Å²) in [5, 5.41) is 8.73. The largest absolute Gasteiger partial charge is 0.340 e. The number of aromatic nitrogens is 2.